The van der Waals surface area contributed by atoms with Crippen LogP contribution in [-0.2, 0) is 10.2 Å². The van der Waals surface area contributed by atoms with Gasteiger partial charge in [0.05, 0.1) is 5.41 Å². The molecule has 0 aromatic heterocycles. The summed E-state index contributed by atoms with van der Waals surface area (Å²) in [6.45, 7) is 6.82. The van der Waals surface area contributed by atoms with Crippen molar-refractivity contribution < 1.29 is 4.79 Å². The van der Waals surface area contributed by atoms with Gasteiger partial charge in [-0.1, -0.05) is 49.6 Å². The lowest BCUT2D eigenvalue weighted by molar-refractivity contribution is -0.126. The normalized spacial score (nSPS) is 16.9. The van der Waals surface area contributed by atoms with Crippen LogP contribution in [0.5, 0.6) is 0 Å². The van der Waals surface area contributed by atoms with Crippen LogP contribution in [0.4, 0.5) is 0 Å². The van der Waals surface area contributed by atoms with Crippen LogP contribution >= 0.6 is 0 Å². The Balaban J connectivity index is 2.02. The van der Waals surface area contributed by atoms with Gasteiger partial charge >= 0.3 is 0 Å². The Hall–Kier alpha value is -1.35. The minimum Gasteiger partial charge on any atom is -0.354 e. The number of aryl methyl sites for hydroxylation is 1. The molecule has 1 aromatic rings. The van der Waals surface area contributed by atoms with Gasteiger partial charge in [0.2, 0.25) is 5.91 Å². The van der Waals surface area contributed by atoms with E-state index in [0.29, 0.717) is 6.54 Å². The van der Waals surface area contributed by atoms with Crippen molar-refractivity contribution in [2.24, 2.45) is 0 Å². The molecule has 2 N–H and O–H groups in total. The molecule has 1 aromatic carbocycles. The monoisotopic (exact) mass is 288 g/mol. The molecular weight excluding hydrogens is 260 g/mol. The second-order valence-corrected chi connectivity index (χ2v) is 6.16. The van der Waals surface area contributed by atoms with Gasteiger partial charge in [0.15, 0.2) is 0 Å². The van der Waals surface area contributed by atoms with Crippen LogP contribution in [0.1, 0.15) is 50.2 Å². The van der Waals surface area contributed by atoms with Crippen molar-refractivity contribution in [3.8, 4) is 0 Å². The van der Waals surface area contributed by atoms with E-state index in [0.717, 1.165) is 45.2 Å². The Morgan fingerprint density at radius 3 is 2.62 bits per heavy atom. The third kappa shape index (κ3) is 3.85. The maximum Gasteiger partial charge on any atom is 0.230 e. The summed E-state index contributed by atoms with van der Waals surface area (Å²) in [6.07, 6.45) is 5.38. The molecule has 1 amide bonds. The van der Waals surface area contributed by atoms with Crippen LogP contribution in [0.2, 0.25) is 0 Å². The number of benzene rings is 1. The first-order chi connectivity index (χ1) is 10.2. The summed E-state index contributed by atoms with van der Waals surface area (Å²) in [5.74, 6) is 0.212. The summed E-state index contributed by atoms with van der Waals surface area (Å²) >= 11 is 0. The van der Waals surface area contributed by atoms with Crippen LogP contribution < -0.4 is 10.6 Å². The van der Waals surface area contributed by atoms with Crippen LogP contribution in [0.25, 0.3) is 0 Å². The number of rotatable bonds is 7. The molecule has 116 valence electrons. The Morgan fingerprint density at radius 1 is 1.19 bits per heavy atom. The van der Waals surface area contributed by atoms with Crippen LogP contribution in [0.3, 0.4) is 0 Å². The molecule has 3 heteroatoms. The van der Waals surface area contributed by atoms with Crippen molar-refractivity contribution in [3.63, 3.8) is 0 Å². The molecular formula is C18H28N2O. The highest BCUT2D eigenvalue weighted by Gasteiger charge is 2.42. The molecule has 1 fully saturated rings. The lowest BCUT2D eigenvalue weighted by atomic mass is 9.77. The molecule has 3 nitrogen and oxygen atoms in total. The van der Waals surface area contributed by atoms with Crippen molar-refractivity contribution in [2.75, 3.05) is 19.6 Å². The Bertz CT molecular complexity index is 464. The number of carbonyl (C=O) groups excluding carboxylic acids is 1. The number of hydrogen-bond acceptors (Lipinski definition) is 2. The van der Waals surface area contributed by atoms with E-state index in [9.17, 15) is 4.79 Å². The van der Waals surface area contributed by atoms with Gasteiger partial charge in [0, 0.05) is 13.1 Å². The van der Waals surface area contributed by atoms with Crippen molar-refractivity contribution in [3.05, 3.63) is 35.4 Å². The summed E-state index contributed by atoms with van der Waals surface area (Å²) in [5.41, 5.74) is 2.13. The Labute approximate surface area is 128 Å². The van der Waals surface area contributed by atoms with Gasteiger partial charge in [-0.3, -0.25) is 4.79 Å². The number of amides is 1. The largest absolute Gasteiger partial charge is 0.354 e. The molecule has 21 heavy (non-hydrogen) atoms. The number of carbonyl (C=O) groups is 1. The molecule has 2 rings (SSSR count). The number of nitrogens with one attached hydrogen (secondary N) is 2. The maximum atomic E-state index is 12.8. The zero-order valence-electron chi connectivity index (χ0n) is 13.4. The van der Waals surface area contributed by atoms with Gasteiger partial charge in [0.1, 0.15) is 0 Å². The van der Waals surface area contributed by atoms with E-state index in [2.05, 4.69) is 48.7 Å². The summed E-state index contributed by atoms with van der Waals surface area (Å²) in [6, 6.07) is 8.47. The predicted molar refractivity (Wildman–Crippen MR) is 87.5 cm³/mol. The summed E-state index contributed by atoms with van der Waals surface area (Å²) < 4.78 is 0. The maximum absolute atomic E-state index is 12.8. The fraction of sp³-hybridized carbons (Fsp3) is 0.611. The second-order valence-electron chi connectivity index (χ2n) is 6.16. The fourth-order valence-corrected chi connectivity index (χ4v) is 3.30. The minimum atomic E-state index is -0.295. The predicted octanol–water partition coefficient (Wildman–Crippen LogP) is 2.92. The third-order valence-electron chi connectivity index (χ3n) is 4.48. The molecule has 0 bridgehead atoms. The standard InChI is InChI=1S/C18H28N2O/c1-3-11-19-12-13-20-17(21)18(9-4-5-10-18)16-8-6-7-15(2)14-16/h6-8,14,19H,3-5,9-13H2,1-2H3,(H,20,21). The SMILES string of the molecule is CCCNCCNC(=O)C1(c2cccc(C)c2)CCCC1. The van der Waals surface area contributed by atoms with E-state index in [4.69, 9.17) is 0 Å². The Kier molecular flexibility index (Phi) is 5.80. The lowest BCUT2D eigenvalue weighted by Gasteiger charge is -2.28. The quantitative estimate of drug-likeness (QED) is 0.757. The second kappa shape index (κ2) is 7.60. The average Bonchev–Trinajstić information content (AvgIpc) is 2.98. The molecule has 0 atom stereocenters. The van der Waals surface area contributed by atoms with Crippen molar-refractivity contribution in [2.45, 2.75) is 51.4 Å². The summed E-state index contributed by atoms with van der Waals surface area (Å²) in [4.78, 5) is 12.8. The molecule has 1 saturated carbocycles. The van der Waals surface area contributed by atoms with Crippen molar-refractivity contribution in [1.29, 1.82) is 0 Å². The molecule has 0 spiro atoms. The minimum absolute atomic E-state index is 0.212. The highest BCUT2D eigenvalue weighted by atomic mass is 16.2. The van der Waals surface area contributed by atoms with Gasteiger partial charge in [-0.05, 0) is 38.3 Å². The van der Waals surface area contributed by atoms with E-state index in [1.165, 1.54) is 11.1 Å². The first-order valence-corrected chi connectivity index (χ1v) is 8.25. The van der Waals surface area contributed by atoms with E-state index in [1.807, 2.05) is 0 Å². The molecule has 0 aliphatic heterocycles. The van der Waals surface area contributed by atoms with E-state index in [-0.39, 0.29) is 11.3 Å². The molecule has 1 aliphatic carbocycles. The summed E-state index contributed by atoms with van der Waals surface area (Å²) in [7, 11) is 0. The molecule has 1 aliphatic rings. The topological polar surface area (TPSA) is 41.1 Å². The van der Waals surface area contributed by atoms with Crippen molar-refractivity contribution in [1.82, 2.24) is 10.6 Å². The van der Waals surface area contributed by atoms with E-state index in [1.54, 1.807) is 0 Å². The van der Waals surface area contributed by atoms with Crippen LogP contribution in [-0.4, -0.2) is 25.5 Å². The summed E-state index contributed by atoms with van der Waals surface area (Å²) in [5, 5.41) is 6.47. The highest BCUT2D eigenvalue weighted by molar-refractivity contribution is 5.88. The first kappa shape index (κ1) is 16.0. The fourth-order valence-electron chi connectivity index (χ4n) is 3.30. The Morgan fingerprint density at radius 2 is 1.95 bits per heavy atom. The van der Waals surface area contributed by atoms with Crippen LogP contribution in [0.15, 0.2) is 24.3 Å². The van der Waals surface area contributed by atoms with Gasteiger partial charge in [0.25, 0.3) is 0 Å². The lowest BCUT2D eigenvalue weighted by Crippen LogP contribution is -2.44. The zero-order chi connectivity index (χ0) is 15.1. The van der Waals surface area contributed by atoms with E-state index >= 15 is 0 Å². The highest BCUT2D eigenvalue weighted by Crippen LogP contribution is 2.41. The molecule has 0 radical (unpaired) electrons. The molecule has 0 unspecified atom stereocenters. The first-order valence-electron chi connectivity index (χ1n) is 8.25. The van der Waals surface area contributed by atoms with Crippen LogP contribution in [0, 0.1) is 6.92 Å². The molecule has 0 saturated heterocycles. The average molecular weight is 288 g/mol. The zero-order valence-corrected chi connectivity index (χ0v) is 13.4. The van der Waals surface area contributed by atoms with E-state index < -0.39 is 0 Å². The van der Waals surface area contributed by atoms with Gasteiger partial charge in [-0.2, -0.15) is 0 Å². The third-order valence-corrected chi connectivity index (χ3v) is 4.48. The number of hydrogen-bond donors (Lipinski definition) is 2. The van der Waals surface area contributed by atoms with Gasteiger partial charge in [-0.25, -0.2) is 0 Å². The van der Waals surface area contributed by atoms with Crippen molar-refractivity contribution >= 4 is 5.91 Å². The molecule has 0 heterocycles. The van der Waals surface area contributed by atoms with Gasteiger partial charge in [-0.15, -0.1) is 0 Å². The van der Waals surface area contributed by atoms with Gasteiger partial charge < -0.3 is 10.6 Å². The smallest absolute Gasteiger partial charge is 0.230 e.